The SMILES string of the molecule is COC(=O)C(NC(=O)OCc1ccccc1)[C@@H]1O[C@H](CO[Si](C)(C)C(C)(C)C)[C@H]2OC(C)(C)O[C@H]21. The van der Waals surface area contributed by atoms with Crippen molar-refractivity contribution in [2.75, 3.05) is 13.7 Å². The van der Waals surface area contributed by atoms with Crippen molar-refractivity contribution >= 4 is 20.4 Å². The molecule has 1 unspecified atom stereocenters. The van der Waals surface area contributed by atoms with Crippen LogP contribution in [-0.2, 0) is 39.5 Å². The summed E-state index contributed by atoms with van der Waals surface area (Å²) in [4.78, 5) is 25.3. The highest BCUT2D eigenvalue weighted by atomic mass is 28.4. The van der Waals surface area contributed by atoms with Gasteiger partial charge in [-0.2, -0.15) is 0 Å². The topological polar surface area (TPSA) is 102 Å². The average molecular weight is 510 g/mol. The fraction of sp³-hybridized carbons (Fsp3) is 0.680. The second kappa shape index (κ2) is 10.6. The average Bonchev–Trinajstić information content (AvgIpc) is 3.27. The summed E-state index contributed by atoms with van der Waals surface area (Å²) in [5.41, 5.74) is 0.826. The third-order valence-corrected chi connectivity index (χ3v) is 11.4. The van der Waals surface area contributed by atoms with E-state index in [9.17, 15) is 9.59 Å². The Balaban J connectivity index is 1.74. The predicted molar refractivity (Wildman–Crippen MR) is 131 cm³/mol. The monoisotopic (exact) mass is 509 g/mol. The van der Waals surface area contributed by atoms with E-state index in [2.05, 4.69) is 39.2 Å². The van der Waals surface area contributed by atoms with Crippen LogP contribution in [0.2, 0.25) is 18.1 Å². The van der Waals surface area contributed by atoms with Crippen LogP contribution in [0.5, 0.6) is 0 Å². The second-order valence-corrected chi connectivity index (χ2v) is 15.8. The van der Waals surface area contributed by atoms with Crippen LogP contribution in [0.25, 0.3) is 0 Å². The van der Waals surface area contributed by atoms with Gasteiger partial charge in [0.05, 0.1) is 13.7 Å². The smallest absolute Gasteiger partial charge is 0.408 e. The van der Waals surface area contributed by atoms with Crippen molar-refractivity contribution in [3.8, 4) is 0 Å². The Labute approximate surface area is 208 Å². The lowest BCUT2D eigenvalue weighted by atomic mass is 10.0. The van der Waals surface area contributed by atoms with Crippen molar-refractivity contribution in [2.45, 2.75) is 95.6 Å². The zero-order chi connectivity index (χ0) is 26.0. The Bertz CT molecular complexity index is 885. The molecule has 2 heterocycles. The highest BCUT2D eigenvalue weighted by Crippen LogP contribution is 2.42. The van der Waals surface area contributed by atoms with E-state index in [1.165, 1.54) is 7.11 Å². The summed E-state index contributed by atoms with van der Waals surface area (Å²) in [5.74, 6) is -1.54. The Morgan fingerprint density at radius 3 is 2.34 bits per heavy atom. The van der Waals surface area contributed by atoms with Gasteiger partial charge in [-0.15, -0.1) is 0 Å². The van der Waals surface area contributed by atoms with Gasteiger partial charge < -0.3 is 33.4 Å². The Morgan fingerprint density at radius 1 is 1.11 bits per heavy atom. The first kappa shape index (κ1) is 27.6. The molecule has 2 aliphatic rings. The predicted octanol–water partition coefficient (Wildman–Crippen LogP) is 3.76. The number of nitrogens with one attached hydrogen (secondary N) is 1. The van der Waals surface area contributed by atoms with Gasteiger partial charge in [0.1, 0.15) is 31.0 Å². The molecule has 0 radical (unpaired) electrons. The molecular formula is C25H39NO8Si. The summed E-state index contributed by atoms with van der Waals surface area (Å²) in [6.07, 6.45) is -3.14. The first-order valence-electron chi connectivity index (χ1n) is 11.9. The minimum atomic E-state index is -2.06. The van der Waals surface area contributed by atoms with Crippen LogP contribution in [-0.4, -0.2) is 70.3 Å². The van der Waals surface area contributed by atoms with Gasteiger partial charge in [-0.1, -0.05) is 51.1 Å². The summed E-state index contributed by atoms with van der Waals surface area (Å²) < 4.78 is 35.2. The van der Waals surface area contributed by atoms with Crippen LogP contribution in [0, 0.1) is 0 Å². The van der Waals surface area contributed by atoms with Gasteiger partial charge in [0, 0.05) is 0 Å². The second-order valence-electron chi connectivity index (χ2n) is 11.0. The normalized spacial score (nSPS) is 26.6. The number of rotatable bonds is 8. The largest absolute Gasteiger partial charge is 0.467 e. The van der Waals surface area contributed by atoms with Gasteiger partial charge in [-0.3, -0.25) is 0 Å². The summed E-state index contributed by atoms with van der Waals surface area (Å²) >= 11 is 0. The highest BCUT2D eigenvalue weighted by Gasteiger charge is 2.59. The van der Waals surface area contributed by atoms with E-state index in [0.29, 0.717) is 6.61 Å². The Morgan fingerprint density at radius 2 is 1.74 bits per heavy atom. The molecule has 1 N–H and O–H groups in total. The van der Waals surface area contributed by atoms with Crippen LogP contribution in [0.1, 0.15) is 40.2 Å². The maximum absolute atomic E-state index is 12.7. The fourth-order valence-corrected chi connectivity index (χ4v) is 4.93. The van der Waals surface area contributed by atoms with Crippen molar-refractivity contribution in [1.29, 1.82) is 0 Å². The summed E-state index contributed by atoms with van der Waals surface area (Å²) in [6.45, 7) is 14.8. The molecule has 196 valence electrons. The molecule has 10 heteroatoms. The molecule has 1 aromatic carbocycles. The van der Waals surface area contributed by atoms with E-state index in [-0.39, 0.29) is 11.6 Å². The number of carbonyl (C=O) groups is 2. The zero-order valence-electron chi connectivity index (χ0n) is 22.0. The van der Waals surface area contributed by atoms with Crippen molar-refractivity contribution < 1.29 is 37.7 Å². The van der Waals surface area contributed by atoms with Crippen LogP contribution in [0.15, 0.2) is 30.3 Å². The zero-order valence-corrected chi connectivity index (χ0v) is 23.0. The number of amides is 1. The van der Waals surface area contributed by atoms with E-state index in [1.54, 1.807) is 0 Å². The Hall–Kier alpha value is -1.98. The molecule has 0 aromatic heterocycles. The highest BCUT2D eigenvalue weighted by molar-refractivity contribution is 6.74. The first-order valence-corrected chi connectivity index (χ1v) is 14.8. The number of benzene rings is 1. The molecular weight excluding hydrogens is 470 g/mol. The molecule has 5 atom stereocenters. The number of hydrogen-bond donors (Lipinski definition) is 1. The maximum Gasteiger partial charge on any atom is 0.408 e. The fourth-order valence-electron chi connectivity index (χ4n) is 3.92. The molecule has 1 aromatic rings. The van der Waals surface area contributed by atoms with E-state index < -0.39 is 56.6 Å². The number of hydrogen-bond acceptors (Lipinski definition) is 8. The molecule has 3 rings (SSSR count). The molecule has 0 spiro atoms. The van der Waals surface area contributed by atoms with Crippen molar-refractivity contribution in [3.63, 3.8) is 0 Å². The van der Waals surface area contributed by atoms with E-state index in [0.717, 1.165) is 5.56 Å². The molecule has 35 heavy (non-hydrogen) atoms. The lowest BCUT2D eigenvalue weighted by molar-refractivity contribution is -0.195. The third kappa shape index (κ3) is 6.62. The molecule has 1 amide bonds. The number of fused-ring (bicyclic) bond motifs is 1. The quantitative estimate of drug-likeness (QED) is 0.418. The number of esters is 1. The van der Waals surface area contributed by atoms with Gasteiger partial charge in [0.25, 0.3) is 0 Å². The summed E-state index contributed by atoms with van der Waals surface area (Å²) in [5, 5.41) is 2.63. The lowest BCUT2D eigenvalue weighted by Gasteiger charge is -2.37. The van der Waals surface area contributed by atoms with Crippen molar-refractivity contribution in [2.24, 2.45) is 0 Å². The van der Waals surface area contributed by atoms with Gasteiger partial charge in [0.2, 0.25) is 0 Å². The van der Waals surface area contributed by atoms with Gasteiger partial charge in [-0.05, 0) is 37.5 Å². The van der Waals surface area contributed by atoms with Crippen molar-refractivity contribution in [1.82, 2.24) is 5.32 Å². The van der Waals surface area contributed by atoms with Gasteiger partial charge in [-0.25, -0.2) is 9.59 Å². The van der Waals surface area contributed by atoms with Gasteiger partial charge >= 0.3 is 12.1 Å². The maximum atomic E-state index is 12.7. The third-order valence-electron chi connectivity index (χ3n) is 6.87. The number of alkyl carbamates (subject to hydrolysis) is 1. The number of carbonyl (C=O) groups excluding carboxylic acids is 2. The molecule has 0 aliphatic carbocycles. The van der Waals surface area contributed by atoms with E-state index >= 15 is 0 Å². The molecule has 2 fully saturated rings. The number of ether oxygens (including phenoxy) is 5. The first-order chi connectivity index (χ1) is 16.2. The minimum absolute atomic E-state index is 0.0231. The summed E-state index contributed by atoms with van der Waals surface area (Å²) in [6, 6.07) is 8.12. The summed E-state index contributed by atoms with van der Waals surface area (Å²) in [7, 11) is -0.800. The van der Waals surface area contributed by atoms with E-state index in [4.69, 9.17) is 28.1 Å². The molecule has 2 saturated heterocycles. The standard InChI is InChI=1S/C25H39NO8Si/c1-24(2,3)35(7,8)31-15-17-19-21(34-25(4,5)33-19)20(32-17)18(22(27)29-6)26-23(28)30-14-16-12-10-9-11-13-16/h9-13,17-21H,14-15H2,1-8H3,(H,26,28)/t17-,18?,19-,20+,21-/m1/s1. The van der Waals surface area contributed by atoms with Crippen LogP contribution in [0.3, 0.4) is 0 Å². The minimum Gasteiger partial charge on any atom is -0.467 e. The lowest BCUT2D eigenvalue weighted by Crippen LogP contribution is -2.53. The molecule has 0 bridgehead atoms. The number of methoxy groups -OCH3 is 1. The molecule has 9 nitrogen and oxygen atoms in total. The van der Waals surface area contributed by atoms with Gasteiger partial charge in [0.15, 0.2) is 20.1 Å². The van der Waals surface area contributed by atoms with Crippen LogP contribution < -0.4 is 5.32 Å². The van der Waals surface area contributed by atoms with Crippen LogP contribution >= 0.6 is 0 Å². The molecule has 0 saturated carbocycles. The van der Waals surface area contributed by atoms with Crippen molar-refractivity contribution in [3.05, 3.63) is 35.9 Å². The molecule has 2 aliphatic heterocycles. The Kier molecular flexibility index (Phi) is 8.33. The van der Waals surface area contributed by atoms with Crippen LogP contribution in [0.4, 0.5) is 4.79 Å². The van der Waals surface area contributed by atoms with E-state index in [1.807, 2.05) is 44.2 Å².